The maximum Gasteiger partial charge on any atom is 0.313 e. The largest absolute Gasteiger partial charge is 0.481 e. The van der Waals surface area contributed by atoms with Gasteiger partial charge in [-0.1, -0.05) is 0 Å². The normalized spacial score (nSPS) is 46.3. The molecular formula is C13H16O6. The third-order valence-electron chi connectivity index (χ3n) is 5.33. The third kappa shape index (κ3) is 1.24. The molecule has 4 rings (SSSR count). The zero-order chi connectivity index (χ0) is 13.3. The molecule has 0 aromatic carbocycles. The molecule has 6 nitrogen and oxygen atoms in total. The summed E-state index contributed by atoms with van der Waals surface area (Å²) in [5.74, 6) is -3.12. The molecule has 0 aromatic rings. The molecule has 0 aromatic heterocycles. The monoisotopic (exact) mass is 268 g/mol. The summed E-state index contributed by atoms with van der Waals surface area (Å²) in [7, 11) is 0. The predicted octanol–water partition coefficient (Wildman–Crippen LogP) is 0.546. The van der Waals surface area contributed by atoms with Crippen molar-refractivity contribution < 1.29 is 28.9 Å². The summed E-state index contributed by atoms with van der Waals surface area (Å²) in [5.41, 5.74) is -0.931. The fourth-order valence-corrected chi connectivity index (χ4v) is 4.66. The molecule has 2 spiro atoms. The molecule has 0 unspecified atom stereocenters. The fourth-order valence-electron chi connectivity index (χ4n) is 4.66. The van der Waals surface area contributed by atoms with Gasteiger partial charge in [-0.15, -0.1) is 0 Å². The second kappa shape index (κ2) is 3.49. The molecule has 2 aliphatic heterocycles. The third-order valence-corrected chi connectivity index (χ3v) is 5.33. The minimum atomic E-state index is -0.944. The Balaban J connectivity index is 1.84. The number of esters is 1. The molecule has 2 aliphatic carbocycles. The van der Waals surface area contributed by atoms with Crippen molar-refractivity contribution in [1.29, 1.82) is 0 Å². The number of carboxylic acids is 1. The number of aliphatic carboxylic acids is 1. The Morgan fingerprint density at radius 2 is 1.95 bits per heavy atom. The Morgan fingerprint density at radius 3 is 2.63 bits per heavy atom. The number of rotatable bonds is 1. The van der Waals surface area contributed by atoms with Crippen molar-refractivity contribution in [1.82, 2.24) is 0 Å². The van der Waals surface area contributed by atoms with E-state index in [1.807, 2.05) is 0 Å². The zero-order valence-electron chi connectivity index (χ0n) is 10.5. The van der Waals surface area contributed by atoms with Gasteiger partial charge in [0.15, 0.2) is 5.79 Å². The molecule has 19 heavy (non-hydrogen) atoms. The fraction of sp³-hybridized carbons (Fsp3) is 0.846. The minimum Gasteiger partial charge on any atom is -0.481 e. The van der Waals surface area contributed by atoms with Crippen molar-refractivity contribution in [2.45, 2.75) is 37.6 Å². The van der Waals surface area contributed by atoms with Crippen LogP contribution in [0, 0.1) is 17.3 Å². The van der Waals surface area contributed by atoms with Crippen LogP contribution in [-0.4, -0.2) is 42.1 Å². The van der Waals surface area contributed by atoms with E-state index in [1.165, 1.54) is 0 Å². The van der Waals surface area contributed by atoms with Crippen LogP contribution in [0.1, 0.15) is 25.7 Å². The molecule has 2 heterocycles. The van der Waals surface area contributed by atoms with Crippen LogP contribution >= 0.6 is 0 Å². The first-order chi connectivity index (χ1) is 9.08. The summed E-state index contributed by atoms with van der Waals surface area (Å²) in [5, 5.41) is 9.51. The highest BCUT2D eigenvalue weighted by Gasteiger charge is 2.74. The first-order valence-corrected chi connectivity index (χ1v) is 6.80. The maximum atomic E-state index is 12.3. The van der Waals surface area contributed by atoms with E-state index in [-0.39, 0.29) is 24.4 Å². The van der Waals surface area contributed by atoms with Crippen LogP contribution in [0.15, 0.2) is 0 Å². The average Bonchev–Trinajstić information content (AvgIpc) is 3.01. The zero-order valence-corrected chi connectivity index (χ0v) is 10.5. The first-order valence-electron chi connectivity index (χ1n) is 6.80. The van der Waals surface area contributed by atoms with E-state index in [0.29, 0.717) is 19.6 Å². The lowest BCUT2D eigenvalue weighted by Gasteiger charge is -2.38. The van der Waals surface area contributed by atoms with Gasteiger partial charge in [0, 0.05) is 18.8 Å². The highest BCUT2D eigenvalue weighted by atomic mass is 16.7. The topological polar surface area (TPSA) is 82.1 Å². The van der Waals surface area contributed by atoms with Crippen LogP contribution in [0.3, 0.4) is 0 Å². The van der Waals surface area contributed by atoms with Gasteiger partial charge in [0.2, 0.25) is 0 Å². The Morgan fingerprint density at radius 1 is 1.21 bits per heavy atom. The van der Waals surface area contributed by atoms with Gasteiger partial charge in [-0.05, 0) is 12.8 Å². The molecule has 0 radical (unpaired) electrons. The summed E-state index contributed by atoms with van der Waals surface area (Å²) in [6.07, 6.45) is 2.15. The van der Waals surface area contributed by atoms with Crippen LogP contribution in [0.5, 0.6) is 0 Å². The molecule has 2 saturated heterocycles. The molecule has 2 saturated carbocycles. The van der Waals surface area contributed by atoms with E-state index < -0.39 is 23.1 Å². The highest BCUT2D eigenvalue weighted by molar-refractivity contribution is 5.88. The Hall–Kier alpha value is -1.14. The molecular weight excluding hydrogens is 252 g/mol. The lowest BCUT2D eigenvalue weighted by Crippen LogP contribution is -2.46. The van der Waals surface area contributed by atoms with Crippen molar-refractivity contribution in [3.8, 4) is 0 Å². The van der Waals surface area contributed by atoms with E-state index in [2.05, 4.69) is 0 Å². The van der Waals surface area contributed by atoms with Gasteiger partial charge in [0.1, 0.15) is 6.10 Å². The number of carboxylic acid groups (broad SMARTS) is 1. The molecule has 4 atom stereocenters. The van der Waals surface area contributed by atoms with E-state index in [4.69, 9.17) is 14.2 Å². The number of hydrogen-bond acceptors (Lipinski definition) is 5. The van der Waals surface area contributed by atoms with Gasteiger partial charge in [0.25, 0.3) is 0 Å². The highest BCUT2D eigenvalue weighted by Crippen LogP contribution is 2.65. The van der Waals surface area contributed by atoms with E-state index in [1.54, 1.807) is 0 Å². The molecule has 1 N–H and O–H groups in total. The number of carbonyl (C=O) groups is 2. The summed E-state index contributed by atoms with van der Waals surface area (Å²) in [4.78, 5) is 23.9. The van der Waals surface area contributed by atoms with Crippen LogP contribution in [0.25, 0.3) is 0 Å². The SMILES string of the molecule is O=C(O)[C@@H]1CC2(OCCO2)[C@H]2CC[C@@H]3C[C@@]21C(=O)O3. The molecule has 4 fully saturated rings. The predicted molar refractivity (Wildman–Crippen MR) is 60.0 cm³/mol. The smallest absolute Gasteiger partial charge is 0.313 e. The van der Waals surface area contributed by atoms with Gasteiger partial charge in [0.05, 0.1) is 24.5 Å². The summed E-state index contributed by atoms with van der Waals surface area (Å²) < 4.78 is 16.9. The standard InChI is InChI=1S/C13H16O6/c14-10(15)8-6-13(17-3-4-18-13)9-2-1-7-5-12(8,9)11(16)19-7/h7-9H,1-6H2,(H,14,15)/t7-,8+,9+,12+/m1/s1. The molecule has 6 heteroatoms. The van der Waals surface area contributed by atoms with Gasteiger partial charge in [-0.2, -0.15) is 0 Å². The Kier molecular flexibility index (Phi) is 2.14. The van der Waals surface area contributed by atoms with E-state index in [0.717, 1.165) is 12.8 Å². The van der Waals surface area contributed by atoms with E-state index in [9.17, 15) is 14.7 Å². The van der Waals surface area contributed by atoms with Crippen molar-refractivity contribution >= 4 is 11.9 Å². The first kappa shape index (κ1) is 11.7. The lowest BCUT2D eigenvalue weighted by atomic mass is 9.64. The molecule has 4 aliphatic rings. The minimum absolute atomic E-state index is 0.123. The molecule has 104 valence electrons. The second-order valence-corrected chi connectivity index (χ2v) is 6.01. The summed E-state index contributed by atoms with van der Waals surface area (Å²) in [6.45, 7) is 0.939. The average molecular weight is 268 g/mol. The number of ether oxygens (including phenoxy) is 3. The number of carbonyl (C=O) groups excluding carboxylic acids is 1. The van der Waals surface area contributed by atoms with Gasteiger partial charge >= 0.3 is 11.9 Å². The van der Waals surface area contributed by atoms with Crippen molar-refractivity contribution in [2.75, 3.05) is 13.2 Å². The van der Waals surface area contributed by atoms with Crippen LogP contribution in [-0.2, 0) is 23.8 Å². The molecule has 2 bridgehead atoms. The number of hydrogen-bond donors (Lipinski definition) is 1. The second-order valence-electron chi connectivity index (χ2n) is 6.01. The van der Waals surface area contributed by atoms with Gasteiger partial charge in [-0.25, -0.2) is 0 Å². The maximum absolute atomic E-state index is 12.3. The van der Waals surface area contributed by atoms with E-state index >= 15 is 0 Å². The van der Waals surface area contributed by atoms with Crippen molar-refractivity contribution in [2.24, 2.45) is 17.3 Å². The van der Waals surface area contributed by atoms with Gasteiger partial charge in [-0.3, -0.25) is 9.59 Å². The quantitative estimate of drug-likeness (QED) is 0.699. The Bertz CT molecular complexity index is 454. The van der Waals surface area contributed by atoms with Crippen molar-refractivity contribution in [3.63, 3.8) is 0 Å². The summed E-state index contributed by atoms with van der Waals surface area (Å²) >= 11 is 0. The molecule has 0 amide bonds. The van der Waals surface area contributed by atoms with Crippen LogP contribution in [0.4, 0.5) is 0 Å². The summed E-state index contributed by atoms with van der Waals surface area (Å²) in [6, 6.07) is 0. The van der Waals surface area contributed by atoms with Crippen LogP contribution < -0.4 is 0 Å². The number of fused-ring (bicyclic) bond motifs is 2. The lowest BCUT2D eigenvalue weighted by molar-refractivity contribution is -0.198. The van der Waals surface area contributed by atoms with Gasteiger partial charge < -0.3 is 19.3 Å². The van der Waals surface area contributed by atoms with Crippen molar-refractivity contribution in [3.05, 3.63) is 0 Å². The van der Waals surface area contributed by atoms with Crippen LogP contribution in [0.2, 0.25) is 0 Å². The Labute approximate surface area is 110 Å².